The third-order valence-corrected chi connectivity index (χ3v) is 11.4. The maximum absolute atomic E-state index is 13.5. The molecule has 4 heterocycles. The molecule has 3 aromatic rings. The van der Waals surface area contributed by atoms with Gasteiger partial charge in [-0.05, 0) is 67.5 Å². The molecule has 2 atom stereocenters. The van der Waals surface area contributed by atoms with Crippen LogP contribution in [0.1, 0.15) is 52.1 Å². The van der Waals surface area contributed by atoms with Crippen molar-refractivity contribution in [3.8, 4) is 22.5 Å². The molecule has 2 bridgehead atoms. The van der Waals surface area contributed by atoms with E-state index in [9.17, 15) is 22.4 Å². The molecule has 2 saturated heterocycles. The number of pyridine rings is 1. The van der Waals surface area contributed by atoms with Gasteiger partial charge in [-0.15, -0.1) is 0 Å². The van der Waals surface area contributed by atoms with Gasteiger partial charge in [0.15, 0.2) is 5.82 Å². The Labute approximate surface area is 279 Å². The maximum Gasteiger partial charge on any atom is 0.265 e. The van der Waals surface area contributed by atoms with Crippen molar-refractivity contribution in [1.29, 1.82) is 0 Å². The first-order valence-corrected chi connectivity index (χ1v) is 17.7. The van der Waals surface area contributed by atoms with Crippen molar-refractivity contribution >= 4 is 21.8 Å². The van der Waals surface area contributed by atoms with E-state index in [1.807, 2.05) is 32.9 Å². The molecule has 0 spiro atoms. The third-order valence-electron chi connectivity index (χ3n) is 10.5. The number of carbonyl (C=O) groups excluding carboxylic acids is 2. The molecule has 2 N–H and O–H groups in total. The van der Waals surface area contributed by atoms with Gasteiger partial charge in [0.1, 0.15) is 11.6 Å². The van der Waals surface area contributed by atoms with Crippen LogP contribution in [0.25, 0.3) is 22.5 Å². The minimum Gasteiger partial charge on any atom is -0.378 e. The fourth-order valence-electron chi connectivity index (χ4n) is 7.51. The van der Waals surface area contributed by atoms with Crippen LogP contribution < -0.4 is 0 Å². The van der Waals surface area contributed by atoms with E-state index in [0.29, 0.717) is 50.7 Å². The molecule has 258 valence electrons. The summed E-state index contributed by atoms with van der Waals surface area (Å²) in [4.78, 5) is 38.8. The van der Waals surface area contributed by atoms with Crippen LogP contribution in [0.5, 0.6) is 0 Å². The average Bonchev–Trinajstić information content (AvgIpc) is 3.66. The number of H-pyrrole nitrogens is 1. The summed E-state index contributed by atoms with van der Waals surface area (Å²) in [6.45, 7) is 8.41. The molecular weight excluding hydrogens is 643 g/mol. The van der Waals surface area contributed by atoms with Crippen LogP contribution in [0.15, 0.2) is 48.8 Å². The molecule has 2 aromatic heterocycles. The number of ketones is 1. The zero-order chi connectivity index (χ0) is 34.3. The molecule has 7 rings (SSSR count). The zero-order valence-electron chi connectivity index (χ0n) is 27.3. The number of halogens is 1. The van der Waals surface area contributed by atoms with E-state index < -0.39 is 33.0 Å². The molecular formula is C34H41FN4O8S. The molecule has 2 aliphatic carbocycles. The molecule has 1 aromatic carbocycles. The van der Waals surface area contributed by atoms with Crippen LogP contribution in [-0.2, 0) is 33.9 Å². The minimum atomic E-state index is -4.08. The van der Waals surface area contributed by atoms with Gasteiger partial charge in [0, 0.05) is 43.0 Å². The molecule has 12 nitrogen and oxygen atoms in total. The van der Waals surface area contributed by atoms with Crippen LogP contribution in [0.4, 0.5) is 4.39 Å². The molecule has 0 radical (unpaired) electrons. The molecule has 4 fully saturated rings. The summed E-state index contributed by atoms with van der Waals surface area (Å²) in [5, 5.41) is 0. The number of aromatic amines is 1. The summed E-state index contributed by atoms with van der Waals surface area (Å²) in [5.74, 6) is 0.0777. The Balaban J connectivity index is 0.000000223. The first kappa shape index (κ1) is 34.3. The monoisotopic (exact) mass is 684 g/mol. The number of fused-ring (bicyclic) bond motifs is 2. The molecule has 4 aliphatic rings. The average molecular weight is 685 g/mol. The van der Waals surface area contributed by atoms with Crippen LogP contribution in [0.3, 0.4) is 0 Å². The smallest absolute Gasteiger partial charge is 0.265 e. The van der Waals surface area contributed by atoms with Gasteiger partial charge in [0.05, 0.1) is 54.4 Å². The summed E-state index contributed by atoms with van der Waals surface area (Å²) in [6.07, 6.45) is 4.62. The third kappa shape index (κ3) is 6.56. The number of amides is 1. The van der Waals surface area contributed by atoms with E-state index in [4.69, 9.17) is 23.7 Å². The Bertz CT molecular complexity index is 1750. The zero-order valence-corrected chi connectivity index (χ0v) is 28.1. The second kappa shape index (κ2) is 13.0. The van der Waals surface area contributed by atoms with Gasteiger partial charge in [-0.25, -0.2) is 9.37 Å². The van der Waals surface area contributed by atoms with E-state index in [0.717, 1.165) is 23.2 Å². The van der Waals surface area contributed by atoms with Crippen LogP contribution in [0, 0.1) is 28.0 Å². The number of morpholine rings is 1. The highest BCUT2D eigenvalue weighted by molar-refractivity contribution is 7.85. The SMILES string of the molecule is CC1(C(=O)N2CCOCC2)COC(c2nc(-c3ccc(F)cc3)c(-c3ccncc3)[nH]2)OC1.CC1(C)C2CCC1(CS(=O)(=O)O)C(=O)C2. The number of ether oxygens (including phenoxy) is 3. The Morgan fingerprint density at radius 2 is 1.69 bits per heavy atom. The number of hydrogen-bond acceptors (Lipinski definition) is 9. The Kier molecular flexibility index (Phi) is 9.33. The topological polar surface area (TPSA) is 161 Å². The first-order valence-electron chi connectivity index (χ1n) is 16.1. The van der Waals surface area contributed by atoms with E-state index in [2.05, 4.69) is 9.97 Å². The fourth-order valence-corrected chi connectivity index (χ4v) is 8.81. The van der Waals surface area contributed by atoms with Gasteiger partial charge in [0.2, 0.25) is 12.2 Å². The van der Waals surface area contributed by atoms with Crippen molar-refractivity contribution in [2.24, 2.45) is 22.2 Å². The van der Waals surface area contributed by atoms with Crippen molar-refractivity contribution in [3.05, 3.63) is 60.4 Å². The minimum absolute atomic E-state index is 0.00757. The summed E-state index contributed by atoms with van der Waals surface area (Å²) in [6, 6.07) is 9.89. The van der Waals surface area contributed by atoms with Gasteiger partial charge in [-0.3, -0.25) is 19.1 Å². The number of hydrogen-bond donors (Lipinski definition) is 2. The predicted octanol–water partition coefficient (Wildman–Crippen LogP) is 4.46. The van der Waals surface area contributed by atoms with Crippen LogP contribution in [0.2, 0.25) is 0 Å². The highest BCUT2D eigenvalue weighted by Crippen LogP contribution is 2.64. The lowest BCUT2D eigenvalue weighted by molar-refractivity contribution is -0.235. The number of Topliss-reactive ketones (excluding diaryl/α,β-unsaturated/α-hetero) is 1. The van der Waals surface area contributed by atoms with Gasteiger partial charge in [0.25, 0.3) is 10.1 Å². The first-order chi connectivity index (χ1) is 22.7. The van der Waals surface area contributed by atoms with Crippen molar-refractivity contribution in [3.63, 3.8) is 0 Å². The van der Waals surface area contributed by atoms with Crippen molar-refractivity contribution in [2.45, 2.75) is 46.3 Å². The van der Waals surface area contributed by atoms with Gasteiger partial charge in [-0.2, -0.15) is 8.42 Å². The Morgan fingerprint density at radius 3 is 2.25 bits per heavy atom. The maximum atomic E-state index is 13.5. The van der Waals surface area contributed by atoms with Gasteiger partial charge in [-0.1, -0.05) is 13.8 Å². The Hall–Kier alpha value is -3.56. The van der Waals surface area contributed by atoms with Crippen LogP contribution >= 0.6 is 0 Å². The number of nitrogens with zero attached hydrogens (tertiary/aromatic N) is 3. The molecule has 2 saturated carbocycles. The van der Waals surface area contributed by atoms with Gasteiger partial charge < -0.3 is 24.1 Å². The number of benzene rings is 1. The number of nitrogens with one attached hydrogen (secondary N) is 1. The molecule has 2 aliphatic heterocycles. The molecule has 48 heavy (non-hydrogen) atoms. The fraction of sp³-hybridized carbons (Fsp3) is 0.529. The lowest BCUT2D eigenvalue weighted by Crippen LogP contribution is -2.53. The second-order valence-electron chi connectivity index (χ2n) is 13.9. The lowest BCUT2D eigenvalue weighted by Gasteiger charge is -2.39. The number of imidazole rings is 1. The van der Waals surface area contributed by atoms with Crippen molar-refractivity contribution in [2.75, 3.05) is 45.3 Å². The second-order valence-corrected chi connectivity index (χ2v) is 15.4. The summed E-state index contributed by atoms with van der Waals surface area (Å²) < 4.78 is 61.8. The summed E-state index contributed by atoms with van der Waals surface area (Å²) >= 11 is 0. The van der Waals surface area contributed by atoms with Crippen molar-refractivity contribution < 1.29 is 41.2 Å². The number of aromatic nitrogens is 3. The molecule has 1 amide bonds. The Morgan fingerprint density at radius 1 is 1.04 bits per heavy atom. The predicted molar refractivity (Wildman–Crippen MR) is 172 cm³/mol. The van der Waals surface area contributed by atoms with Crippen LogP contribution in [-0.4, -0.2) is 89.8 Å². The van der Waals surface area contributed by atoms with Crippen molar-refractivity contribution in [1.82, 2.24) is 19.9 Å². The quantitative estimate of drug-likeness (QED) is 0.355. The van der Waals surface area contributed by atoms with Gasteiger partial charge >= 0.3 is 0 Å². The molecule has 14 heteroatoms. The van der Waals surface area contributed by atoms with E-state index >= 15 is 0 Å². The summed E-state index contributed by atoms with van der Waals surface area (Å²) in [7, 11) is -4.08. The number of rotatable bonds is 6. The van der Waals surface area contributed by atoms with E-state index in [-0.39, 0.29) is 42.1 Å². The largest absolute Gasteiger partial charge is 0.378 e. The normalized spacial score (nSPS) is 28.2. The highest BCUT2D eigenvalue weighted by atomic mass is 32.2. The standard InChI is InChI=1S/C24H25FN4O4.C10H16O4S/c1-24(23(30)29-10-12-31-13-11-29)14-32-22(33-15-24)21-27-19(16-2-4-18(25)5-3-16)20(28-21)17-6-8-26-9-7-17;1-9(2)7-3-4-10(9,8(11)5-7)6-15(12,13)14/h2-9,22H,10-15H2,1H3,(H,27,28);7H,3-6H2,1-2H3,(H,12,13,14). The highest BCUT2D eigenvalue weighted by Gasteiger charge is 2.65. The lowest BCUT2D eigenvalue weighted by atomic mass is 9.70. The number of carbonyl (C=O) groups is 2. The summed E-state index contributed by atoms with van der Waals surface area (Å²) in [5.41, 5.74) is 1.16. The van der Waals surface area contributed by atoms with E-state index in [1.165, 1.54) is 12.1 Å². The molecule has 2 unspecified atom stereocenters. The van der Waals surface area contributed by atoms with E-state index in [1.54, 1.807) is 29.4 Å².